The summed E-state index contributed by atoms with van der Waals surface area (Å²) in [6, 6.07) is 17.4. The van der Waals surface area contributed by atoms with Crippen LogP contribution in [-0.4, -0.2) is 31.2 Å². The summed E-state index contributed by atoms with van der Waals surface area (Å²) in [5.41, 5.74) is 3.68. The van der Waals surface area contributed by atoms with E-state index in [0.717, 1.165) is 27.6 Å². The first-order chi connectivity index (χ1) is 13.2. The molecule has 0 radical (unpaired) electrons. The monoisotopic (exact) mass is 359 g/mol. The van der Waals surface area contributed by atoms with Gasteiger partial charge in [0.05, 0.1) is 5.52 Å². The summed E-state index contributed by atoms with van der Waals surface area (Å²) < 4.78 is 5.36. The minimum absolute atomic E-state index is 0.100. The number of benzene rings is 2. The first kappa shape index (κ1) is 16.8. The Morgan fingerprint density at radius 3 is 2.74 bits per heavy atom. The average Bonchev–Trinajstić information content (AvgIpc) is 3.15. The summed E-state index contributed by atoms with van der Waals surface area (Å²) in [5.74, 6) is 0.0387. The summed E-state index contributed by atoms with van der Waals surface area (Å²) in [6.07, 6.45) is 1.72. The van der Waals surface area contributed by atoms with Crippen molar-refractivity contribution in [2.45, 2.75) is 20.1 Å². The number of carbonyl (C=O) groups is 1. The van der Waals surface area contributed by atoms with Crippen molar-refractivity contribution in [2.24, 2.45) is 0 Å². The number of rotatable bonds is 5. The Bertz CT molecular complexity index is 1080. The van der Waals surface area contributed by atoms with Crippen molar-refractivity contribution in [3.63, 3.8) is 0 Å². The Labute approximate surface area is 155 Å². The quantitative estimate of drug-likeness (QED) is 0.510. The molecule has 0 saturated carbocycles. The maximum atomic E-state index is 12.1. The van der Waals surface area contributed by atoms with Gasteiger partial charge in [-0.25, -0.2) is 4.79 Å². The van der Waals surface area contributed by atoms with E-state index in [4.69, 9.17) is 4.74 Å². The van der Waals surface area contributed by atoms with Gasteiger partial charge in [0.1, 0.15) is 6.61 Å². The topological polar surface area (TPSA) is 82.8 Å². The van der Waals surface area contributed by atoms with Crippen LogP contribution in [0.2, 0.25) is 0 Å². The van der Waals surface area contributed by atoms with Crippen LogP contribution in [0.5, 0.6) is 0 Å². The van der Waals surface area contributed by atoms with Crippen LogP contribution in [0.1, 0.15) is 11.1 Å². The number of aromatic nitrogens is 5. The van der Waals surface area contributed by atoms with E-state index in [-0.39, 0.29) is 13.2 Å². The number of para-hydroxylation sites is 1. The largest absolute Gasteiger partial charge is 0.459 e. The van der Waals surface area contributed by atoms with Gasteiger partial charge in [0.15, 0.2) is 6.54 Å². The van der Waals surface area contributed by atoms with E-state index in [1.165, 1.54) is 4.80 Å². The zero-order valence-corrected chi connectivity index (χ0v) is 14.7. The number of nitrogens with zero attached hydrogens (tertiary/aromatic N) is 5. The first-order valence-corrected chi connectivity index (χ1v) is 8.52. The number of ether oxygens (including phenoxy) is 1. The molecule has 27 heavy (non-hydrogen) atoms. The molecular weight excluding hydrogens is 342 g/mol. The van der Waals surface area contributed by atoms with E-state index in [0.29, 0.717) is 5.82 Å². The fraction of sp³-hybridized carbons (Fsp3) is 0.150. The van der Waals surface area contributed by atoms with Gasteiger partial charge in [0, 0.05) is 22.7 Å². The molecule has 0 atom stereocenters. The third kappa shape index (κ3) is 3.82. The molecule has 2 heterocycles. The molecular formula is C20H17N5O2. The number of pyridine rings is 1. The lowest BCUT2D eigenvalue weighted by Crippen LogP contribution is -2.16. The maximum Gasteiger partial charge on any atom is 0.330 e. The number of hydrogen-bond donors (Lipinski definition) is 0. The van der Waals surface area contributed by atoms with Gasteiger partial charge in [-0.15, -0.1) is 10.2 Å². The molecule has 0 unspecified atom stereocenters. The van der Waals surface area contributed by atoms with E-state index >= 15 is 0 Å². The van der Waals surface area contributed by atoms with Gasteiger partial charge < -0.3 is 4.74 Å². The lowest BCUT2D eigenvalue weighted by Gasteiger charge is -2.07. The Balaban J connectivity index is 1.40. The van der Waals surface area contributed by atoms with Crippen LogP contribution in [0.4, 0.5) is 0 Å². The zero-order chi connectivity index (χ0) is 18.6. The highest BCUT2D eigenvalue weighted by molar-refractivity contribution is 5.81. The summed E-state index contributed by atoms with van der Waals surface area (Å²) in [5, 5.41) is 13.2. The fourth-order valence-corrected chi connectivity index (χ4v) is 2.73. The standard InChI is InChI=1S/C20H17N5O2/c1-14-7-9-16(10-8-14)20-22-24-25(23-20)12-18(26)27-13-17-5-2-4-15-6-3-11-21-19(15)17/h2-11H,12-13H2,1H3. The van der Waals surface area contributed by atoms with Crippen molar-refractivity contribution < 1.29 is 9.53 Å². The highest BCUT2D eigenvalue weighted by Gasteiger charge is 2.11. The zero-order valence-electron chi connectivity index (χ0n) is 14.7. The molecule has 2 aromatic heterocycles. The molecule has 134 valence electrons. The molecule has 0 bridgehead atoms. The molecule has 4 rings (SSSR count). The predicted molar refractivity (Wildman–Crippen MR) is 99.5 cm³/mol. The van der Waals surface area contributed by atoms with Gasteiger partial charge in [0.2, 0.25) is 5.82 Å². The van der Waals surface area contributed by atoms with E-state index in [1.54, 1.807) is 6.20 Å². The van der Waals surface area contributed by atoms with E-state index < -0.39 is 5.97 Å². The normalized spacial score (nSPS) is 10.9. The molecule has 4 aromatic rings. The molecule has 0 spiro atoms. The second-order valence-electron chi connectivity index (χ2n) is 6.16. The molecule has 0 aliphatic carbocycles. The van der Waals surface area contributed by atoms with Crippen LogP contribution in [0, 0.1) is 6.92 Å². The molecule has 0 saturated heterocycles. The minimum atomic E-state index is -0.434. The molecule has 0 N–H and O–H groups in total. The second-order valence-corrected chi connectivity index (χ2v) is 6.16. The molecule has 7 heteroatoms. The van der Waals surface area contributed by atoms with Crippen LogP contribution in [0.25, 0.3) is 22.3 Å². The van der Waals surface area contributed by atoms with Gasteiger partial charge >= 0.3 is 5.97 Å². The van der Waals surface area contributed by atoms with Crippen molar-refractivity contribution in [1.29, 1.82) is 0 Å². The van der Waals surface area contributed by atoms with Gasteiger partial charge in [-0.1, -0.05) is 54.1 Å². The van der Waals surface area contributed by atoms with E-state index in [9.17, 15) is 4.79 Å². The van der Waals surface area contributed by atoms with Crippen molar-refractivity contribution in [1.82, 2.24) is 25.2 Å². The summed E-state index contributed by atoms with van der Waals surface area (Å²) >= 11 is 0. The third-order valence-electron chi connectivity index (χ3n) is 4.14. The van der Waals surface area contributed by atoms with Crippen molar-refractivity contribution in [3.8, 4) is 11.4 Å². The van der Waals surface area contributed by atoms with Gasteiger partial charge in [-0.05, 0) is 18.2 Å². The molecule has 0 aliphatic heterocycles. The van der Waals surface area contributed by atoms with Gasteiger partial charge in [-0.3, -0.25) is 4.98 Å². The molecule has 0 amide bonds. The van der Waals surface area contributed by atoms with E-state index in [1.807, 2.05) is 61.5 Å². The Morgan fingerprint density at radius 2 is 1.89 bits per heavy atom. The number of tetrazole rings is 1. The number of aryl methyl sites for hydroxylation is 1. The molecule has 7 nitrogen and oxygen atoms in total. The van der Waals surface area contributed by atoms with Crippen LogP contribution in [-0.2, 0) is 22.7 Å². The molecule has 2 aromatic carbocycles. The summed E-state index contributed by atoms with van der Waals surface area (Å²) in [4.78, 5) is 17.7. The lowest BCUT2D eigenvalue weighted by atomic mass is 10.1. The second kappa shape index (κ2) is 7.33. The first-order valence-electron chi connectivity index (χ1n) is 8.52. The SMILES string of the molecule is Cc1ccc(-c2nnn(CC(=O)OCc3cccc4cccnc34)n2)cc1. The molecule has 0 fully saturated rings. The smallest absolute Gasteiger partial charge is 0.330 e. The Kier molecular flexibility index (Phi) is 4.57. The highest BCUT2D eigenvalue weighted by atomic mass is 16.5. The van der Waals surface area contributed by atoms with Crippen molar-refractivity contribution in [3.05, 3.63) is 71.9 Å². The van der Waals surface area contributed by atoms with Crippen molar-refractivity contribution >= 4 is 16.9 Å². The van der Waals surface area contributed by atoms with Crippen LogP contribution in [0.3, 0.4) is 0 Å². The fourth-order valence-electron chi connectivity index (χ4n) is 2.73. The maximum absolute atomic E-state index is 12.1. The highest BCUT2D eigenvalue weighted by Crippen LogP contribution is 2.17. The van der Waals surface area contributed by atoms with E-state index in [2.05, 4.69) is 20.4 Å². The molecule has 0 aliphatic rings. The third-order valence-corrected chi connectivity index (χ3v) is 4.14. The predicted octanol–water partition coefficient (Wildman–Crippen LogP) is 2.94. The Morgan fingerprint density at radius 1 is 1.07 bits per heavy atom. The number of fused-ring (bicyclic) bond motifs is 1. The number of esters is 1. The van der Waals surface area contributed by atoms with Gasteiger partial charge in [0.25, 0.3) is 0 Å². The lowest BCUT2D eigenvalue weighted by molar-refractivity contribution is -0.146. The number of hydrogen-bond acceptors (Lipinski definition) is 6. The summed E-state index contributed by atoms with van der Waals surface area (Å²) in [6.45, 7) is 2.05. The van der Waals surface area contributed by atoms with Crippen LogP contribution in [0.15, 0.2) is 60.8 Å². The van der Waals surface area contributed by atoms with Crippen LogP contribution < -0.4 is 0 Å². The number of carbonyl (C=O) groups excluding carboxylic acids is 1. The summed E-state index contributed by atoms with van der Waals surface area (Å²) in [7, 11) is 0. The Hall–Kier alpha value is -3.61. The minimum Gasteiger partial charge on any atom is -0.459 e. The average molecular weight is 359 g/mol. The van der Waals surface area contributed by atoms with Crippen LogP contribution >= 0.6 is 0 Å². The van der Waals surface area contributed by atoms with Crippen molar-refractivity contribution in [2.75, 3.05) is 0 Å². The van der Waals surface area contributed by atoms with Gasteiger partial charge in [-0.2, -0.15) is 4.80 Å².